The summed E-state index contributed by atoms with van der Waals surface area (Å²) in [6, 6.07) is 6.82. The van der Waals surface area contributed by atoms with E-state index in [2.05, 4.69) is 9.97 Å². The molecule has 3 rings (SSSR count). The second kappa shape index (κ2) is 6.89. The van der Waals surface area contributed by atoms with Crippen LogP contribution in [0.2, 0.25) is 0 Å². The lowest BCUT2D eigenvalue weighted by atomic mass is 10.2. The Hall–Kier alpha value is -2.94. The predicted octanol–water partition coefficient (Wildman–Crippen LogP) is 2.07. The molecule has 7 nitrogen and oxygen atoms in total. The van der Waals surface area contributed by atoms with E-state index in [1.165, 1.54) is 25.3 Å². The lowest BCUT2D eigenvalue weighted by Crippen LogP contribution is -2.01. The summed E-state index contributed by atoms with van der Waals surface area (Å²) >= 11 is 0. The van der Waals surface area contributed by atoms with Crippen LogP contribution in [0.1, 0.15) is 16.2 Å². The van der Waals surface area contributed by atoms with Crippen molar-refractivity contribution in [3.8, 4) is 11.5 Å². The lowest BCUT2D eigenvalue weighted by Gasteiger charge is -2.10. The van der Waals surface area contributed by atoms with Crippen LogP contribution in [-0.4, -0.2) is 31.8 Å². The molecule has 0 saturated heterocycles. The molecule has 1 heterocycles. The van der Waals surface area contributed by atoms with Gasteiger partial charge in [0.15, 0.2) is 28.5 Å². The molecule has 130 valence electrons. The minimum Gasteiger partial charge on any atom is -0.493 e. The van der Waals surface area contributed by atoms with Crippen molar-refractivity contribution in [1.29, 1.82) is 0 Å². The van der Waals surface area contributed by atoms with Crippen molar-refractivity contribution in [3.05, 3.63) is 47.5 Å². The first-order chi connectivity index (χ1) is 12.0. The fraction of sp³-hybridized carbons (Fsp3) is 0.125. The number of benzene rings is 2. The summed E-state index contributed by atoms with van der Waals surface area (Å²) in [5.41, 5.74) is 0.991. The van der Waals surface area contributed by atoms with Crippen LogP contribution in [0.4, 0.5) is 4.39 Å². The molecule has 0 aliphatic rings. The highest BCUT2D eigenvalue weighted by Gasteiger charge is 2.13. The molecule has 0 radical (unpaired) electrons. The number of fused-ring (bicyclic) bond motifs is 1. The largest absolute Gasteiger partial charge is 0.493 e. The normalized spacial score (nSPS) is 11.0. The molecule has 1 aromatic heterocycles. The Bertz CT molecular complexity index is 1020. The van der Waals surface area contributed by atoms with Gasteiger partial charge in [0.2, 0.25) is 0 Å². The van der Waals surface area contributed by atoms with Crippen molar-refractivity contribution in [3.63, 3.8) is 0 Å². The SMILES string of the molecule is COc1cc(C=O)c(F)cc1OCc1nc2cc([SH](=O)=O)ccc2[nH]1. The quantitative estimate of drug-likeness (QED) is 0.513. The van der Waals surface area contributed by atoms with Gasteiger partial charge in [0.25, 0.3) is 0 Å². The second-order valence-electron chi connectivity index (χ2n) is 5.07. The van der Waals surface area contributed by atoms with Crippen LogP contribution in [-0.2, 0) is 17.3 Å². The number of rotatable bonds is 6. The average molecular weight is 364 g/mol. The van der Waals surface area contributed by atoms with Gasteiger partial charge in [-0.05, 0) is 24.3 Å². The molecule has 9 heteroatoms. The van der Waals surface area contributed by atoms with Crippen molar-refractivity contribution in [2.24, 2.45) is 0 Å². The second-order valence-corrected chi connectivity index (χ2v) is 6.10. The Morgan fingerprint density at radius 2 is 2.04 bits per heavy atom. The number of aromatic amines is 1. The summed E-state index contributed by atoms with van der Waals surface area (Å²) in [4.78, 5) is 18.2. The van der Waals surface area contributed by atoms with E-state index in [1.807, 2.05) is 0 Å². The van der Waals surface area contributed by atoms with E-state index in [1.54, 1.807) is 6.07 Å². The van der Waals surface area contributed by atoms with Gasteiger partial charge >= 0.3 is 0 Å². The summed E-state index contributed by atoms with van der Waals surface area (Å²) in [7, 11) is -1.31. The number of nitrogens with one attached hydrogen (secondary N) is 1. The maximum absolute atomic E-state index is 13.7. The number of aromatic nitrogens is 2. The summed E-state index contributed by atoms with van der Waals surface area (Å²) < 4.78 is 46.4. The van der Waals surface area contributed by atoms with E-state index in [0.717, 1.165) is 6.07 Å². The highest BCUT2D eigenvalue weighted by atomic mass is 32.2. The van der Waals surface area contributed by atoms with Crippen molar-refractivity contribution in [2.45, 2.75) is 11.5 Å². The number of thiol groups is 1. The number of carbonyl (C=O) groups excluding carboxylic acids is 1. The van der Waals surface area contributed by atoms with Gasteiger partial charge in [-0.1, -0.05) is 0 Å². The first-order valence-electron chi connectivity index (χ1n) is 7.10. The molecule has 0 amide bonds. The molecule has 0 bridgehead atoms. The van der Waals surface area contributed by atoms with E-state index in [9.17, 15) is 17.6 Å². The maximum Gasteiger partial charge on any atom is 0.168 e. The van der Waals surface area contributed by atoms with Crippen LogP contribution < -0.4 is 9.47 Å². The number of H-pyrrole nitrogens is 1. The fourth-order valence-corrected chi connectivity index (χ4v) is 2.71. The van der Waals surface area contributed by atoms with Crippen molar-refractivity contribution in [1.82, 2.24) is 9.97 Å². The van der Waals surface area contributed by atoms with Crippen LogP contribution in [0.25, 0.3) is 11.0 Å². The predicted molar refractivity (Wildman–Crippen MR) is 87.3 cm³/mol. The highest BCUT2D eigenvalue weighted by molar-refractivity contribution is 7.72. The van der Waals surface area contributed by atoms with Crippen molar-refractivity contribution < 1.29 is 27.1 Å². The maximum atomic E-state index is 13.7. The Kier molecular flexibility index (Phi) is 4.66. The van der Waals surface area contributed by atoms with Gasteiger partial charge in [-0.15, -0.1) is 0 Å². The number of methoxy groups -OCH3 is 1. The van der Waals surface area contributed by atoms with Crippen LogP contribution >= 0.6 is 0 Å². The number of halogens is 1. The molecular weight excluding hydrogens is 351 g/mol. The van der Waals surface area contributed by atoms with Crippen LogP contribution in [0.5, 0.6) is 11.5 Å². The number of ether oxygens (including phenoxy) is 2. The molecule has 0 spiro atoms. The van der Waals surface area contributed by atoms with Gasteiger partial charge in [-0.2, -0.15) is 0 Å². The van der Waals surface area contributed by atoms with E-state index >= 15 is 0 Å². The monoisotopic (exact) mass is 364 g/mol. The van der Waals surface area contributed by atoms with Gasteiger partial charge in [0.05, 0.1) is 28.6 Å². The smallest absolute Gasteiger partial charge is 0.168 e. The van der Waals surface area contributed by atoms with Gasteiger partial charge in [0.1, 0.15) is 18.2 Å². The Morgan fingerprint density at radius 1 is 1.24 bits per heavy atom. The number of aldehydes is 1. The summed E-state index contributed by atoms with van der Waals surface area (Å²) in [6.07, 6.45) is 0.388. The third-order valence-corrected chi connectivity index (χ3v) is 4.20. The molecule has 25 heavy (non-hydrogen) atoms. The molecule has 1 N–H and O–H groups in total. The number of carbonyl (C=O) groups is 1. The third kappa shape index (κ3) is 3.45. The average Bonchev–Trinajstić information content (AvgIpc) is 3.01. The summed E-state index contributed by atoms with van der Waals surface area (Å²) in [5.74, 6) is 0.0362. The Labute approximate surface area is 143 Å². The molecule has 0 unspecified atom stereocenters. The van der Waals surface area contributed by atoms with Crippen LogP contribution in [0, 0.1) is 5.82 Å². The van der Waals surface area contributed by atoms with E-state index < -0.39 is 16.5 Å². The summed E-state index contributed by atoms with van der Waals surface area (Å²) in [6.45, 7) is -0.0240. The molecule has 0 fully saturated rings. The fourth-order valence-electron chi connectivity index (χ4n) is 2.29. The van der Waals surface area contributed by atoms with Gasteiger partial charge in [0, 0.05) is 6.07 Å². The lowest BCUT2D eigenvalue weighted by molar-refractivity contribution is 0.111. The van der Waals surface area contributed by atoms with Crippen LogP contribution in [0.3, 0.4) is 0 Å². The molecule has 0 aliphatic heterocycles. The van der Waals surface area contributed by atoms with E-state index in [4.69, 9.17) is 9.47 Å². The zero-order valence-corrected chi connectivity index (χ0v) is 13.9. The van der Waals surface area contributed by atoms with E-state index in [-0.39, 0.29) is 28.6 Å². The summed E-state index contributed by atoms with van der Waals surface area (Å²) in [5, 5.41) is 0. The van der Waals surface area contributed by atoms with Crippen LogP contribution in [0.15, 0.2) is 35.2 Å². The molecule has 0 aliphatic carbocycles. The zero-order chi connectivity index (χ0) is 18.0. The number of hydrogen-bond acceptors (Lipinski definition) is 6. The minimum atomic E-state index is -2.69. The van der Waals surface area contributed by atoms with Crippen molar-refractivity contribution in [2.75, 3.05) is 7.11 Å². The van der Waals surface area contributed by atoms with E-state index in [0.29, 0.717) is 23.1 Å². The third-order valence-electron chi connectivity index (χ3n) is 3.50. The molecule has 0 saturated carbocycles. The molecule has 0 atom stereocenters. The highest BCUT2D eigenvalue weighted by Crippen LogP contribution is 2.30. The first kappa shape index (κ1) is 16.9. The van der Waals surface area contributed by atoms with Gasteiger partial charge in [-0.25, -0.2) is 17.8 Å². The Morgan fingerprint density at radius 3 is 2.72 bits per heavy atom. The topological polar surface area (TPSA) is 98.3 Å². The Balaban J connectivity index is 1.85. The number of hydrogen-bond donors (Lipinski definition) is 2. The molecular formula is C16H13FN2O5S. The molecule has 3 aromatic rings. The number of imidazole rings is 1. The minimum absolute atomic E-state index is 0.0240. The van der Waals surface area contributed by atoms with Crippen molar-refractivity contribution >= 4 is 28.0 Å². The van der Waals surface area contributed by atoms with Gasteiger partial charge < -0.3 is 14.5 Å². The van der Waals surface area contributed by atoms with Gasteiger partial charge in [-0.3, -0.25) is 4.79 Å². The standard InChI is InChI=1S/C16H13FN2O5S/c1-23-14-4-9(7-20)11(17)6-15(14)24-8-16-18-12-3-2-10(25(21)22)5-13(12)19-16/h2-7,25H,8H2,1H3,(H,18,19). The first-order valence-corrected chi connectivity index (χ1v) is 8.28. The number of nitrogens with zero attached hydrogens (tertiary/aromatic N) is 1. The zero-order valence-electron chi connectivity index (χ0n) is 13.0. The molecule has 2 aromatic carbocycles.